The van der Waals surface area contributed by atoms with Gasteiger partial charge in [0.1, 0.15) is 11.5 Å². The van der Waals surface area contributed by atoms with Gasteiger partial charge in [0.15, 0.2) is 0 Å². The molecule has 0 saturated carbocycles. The van der Waals surface area contributed by atoms with Gasteiger partial charge in [-0.25, -0.2) is 0 Å². The van der Waals surface area contributed by atoms with E-state index in [0.717, 1.165) is 30.8 Å². The molecule has 0 amide bonds. The Balaban J connectivity index is 1.91. The predicted molar refractivity (Wildman–Crippen MR) is 69.5 cm³/mol. The van der Waals surface area contributed by atoms with E-state index in [2.05, 4.69) is 28.1 Å². The highest BCUT2D eigenvalue weighted by molar-refractivity contribution is 9.09. The second-order valence-corrected chi connectivity index (χ2v) is 5.57. The van der Waals surface area contributed by atoms with Crippen LogP contribution in [-0.2, 0) is 4.74 Å². The summed E-state index contributed by atoms with van der Waals surface area (Å²) in [6.45, 7) is 0. The Morgan fingerprint density at radius 2 is 2.25 bits per heavy atom. The maximum atomic E-state index is 5.97. The number of ether oxygens (including phenoxy) is 1. The molecule has 0 aromatic rings. The average Bonchev–Trinajstić information content (AvgIpc) is 2.27. The third kappa shape index (κ3) is 1.71. The molecule has 0 aromatic heterocycles. The zero-order chi connectivity index (χ0) is 11.1. The number of allylic oxidation sites excluding steroid dienone is 7. The lowest BCUT2D eigenvalue weighted by molar-refractivity contribution is 0.285. The lowest BCUT2D eigenvalue weighted by Crippen LogP contribution is -2.18. The highest BCUT2D eigenvalue weighted by Gasteiger charge is 2.27. The molecule has 3 heteroatoms. The van der Waals surface area contributed by atoms with E-state index in [4.69, 9.17) is 12.6 Å². The van der Waals surface area contributed by atoms with Crippen LogP contribution in [0.15, 0.2) is 47.0 Å². The molecule has 80 valence electrons. The highest BCUT2D eigenvalue weighted by atomic mass is 79.9. The van der Waals surface area contributed by atoms with Crippen LogP contribution in [0.5, 0.6) is 0 Å². The molecule has 0 spiro atoms. The zero-order valence-electron chi connectivity index (χ0n) is 8.95. The average molecular weight is 275 g/mol. The molecule has 0 saturated heterocycles. The fourth-order valence-corrected chi connectivity index (χ4v) is 2.99. The van der Waals surface area contributed by atoms with Crippen molar-refractivity contribution in [3.8, 4) is 0 Å². The molecule has 3 aliphatic rings. The van der Waals surface area contributed by atoms with Gasteiger partial charge in [0.05, 0.1) is 12.7 Å². The lowest BCUT2D eigenvalue weighted by atomic mass is 9.76. The molecular formula is C13H12BBrO. The highest BCUT2D eigenvalue weighted by Crippen LogP contribution is 2.41. The van der Waals surface area contributed by atoms with Gasteiger partial charge in [-0.2, -0.15) is 0 Å². The topological polar surface area (TPSA) is 9.23 Å². The summed E-state index contributed by atoms with van der Waals surface area (Å²) in [5, 5.41) is 0. The van der Waals surface area contributed by atoms with Crippen LogP contribution in [0.3, 0.4) is 0 Å². The van der Waals surface area contributed by atoms with Gasteiger partial charge in [0.2, 0.25) is 0 Å². The standard InChI is InChI=1S/C13H12BBrO/c14-10-4-5-12-9(7-10)6-8-2-1-3-11(15)13(8)16-12/h1-2,4-5,10-11H,3,6-7H2. The van der Waals surface area contributed by atoms with Gasteiger partial charge in [-0.15, -0.1) is 0 Å². The Kier molecular flexibility index (Phi) is 2.58. The number of halogens is 1. The van der Waals surface area contributed by atoms with E-state index in [1.165, 1.54) is 11.1 Å². The minimum atomic E-state index is 0.150. The van der Waals surface area contributed by atoms with E-state index in [-0.39, 0.29) is 5.82 Å². The number of alkyl halides is 1. The first-order valence-electron chi connectivity index (χ1n) is 5.61. The van der Waals surface area contributed by atoms with E-state index in [1.807, 2.05) is 12.2 Å². The summed E-state index contributed by atoms with van der Waals surface area (Å²) in [5.41, 5.74) is 2.63. The summed E-state index contributed by atoms with van der Waals surface area (Å²) in [4.78, 5) is 0.325. The summed E-state index contributed by atoms with van der Waals surface area (Å²) in [6.07, 6.45) is 11.3. The molecular weight excluding hydrogens is 263 g/mol. The molecule has 3 rings (SSSR count). The molecule has 0 aromatic carbocycles. The summed E-state index contributed by atoms with van der Waals surface area (Å²) in [7, 11) is 5.92. The third-order valence-corrected chi connectivity index (χ3v) is 4.00. The molecule has 2 radical (unpaired) electrons. The maximum Gasteiger partial charge on any atom is 0.126 e. The second-order valence-electron chi connectivity index (χ2n) is 4.47. The van der Waals surface area contributed by atoms with Crippen LogP contribution in [0.2, 0.25) is 5.82 Å². The van der Waals surface area contributed by atoms with E-state index >= 15 is 0 Å². The van der Waals surface area contributed by atoms with Crippen LogP contribution >= 0.6 is 15.9 Å². The fourth-order valence-electron chi connectivity index (χ4n) is 2.39. The Morgan fingerprint density at radius 1 is 1.38 bits per heavy atom. The SMILES string of the molecule is [B]C1C=CC2=C(CC3=C(O2)C(Br)CC=C3)C1. The maximum absolute atomic E-state index is 5.97. The molecule has 1 aliphatic heterocycles. The van der Waals surface area contributed by atoms with E-state index in [9.17, 15) is 0 Å². The lowest BCUT2D eigenvalue weighted by Gasteiger charge is -2.30. The van der Waals surface area contributed by atoms with Gasteiger partial charge in [-0.3, -0.25) is 0 Å². The first-order valence-corrected chi connectivity index (χ1v) is 6.53. The van der Waals surface area contributed by atoms with Gasteiger partial charge < -0.3 is 4.74 Å². The summed E-state index contributed by atoms with van der Waals surface area (Å²) in [5.74, 6) is 2.25. The van der Waals surface area contributed by atoms with Crippen molar-refractivity contribution in [3.05, 3.63) is 47.0 Å². The van der Waals surface area contributed by atoms with Crippen LogP contribution < -0.4 is 0 Å². The Morgan fingerprint density at radius 3 is 3.12 bits per heavy atom. The molecule has 0 N–H and O–H groups in total. The molecule has 0 bridgehead atoms. The van der Waals surface area contributed by atoms with Crippen LogP contribution in [0.25, 0.3) is 0 Å². The van der Waals surface area contributed by atoms with Crippen LogP contribution in [-0.4, -0.2) is 12.7 Å². The largest absolute Gasteiger partial charge is 0.460 e. The quantitative estimate of drug-likeness (QED) is 0.485. The smallest absolute Gasteiger partial charge is 0.126 e. The Labute approximate surface area is 105 Å². The van der Waals surface area contributed by atoms with Gasteiger partial charge in [0.25, 0.3) is 0 Å². The molecule has 2 aliphatic carbocycles. The van der Waals surface area contributed by atoms with Crippen molar-refractivity contribution in [2.24, 2.45) is 0 Å². The van der Waals surface area contributed by atoms with Gasteiger partial charge >= 0.3 is 0 Å². The molecule has 2 atom stereocenters. The summed E-state index contributed by atoms with van der Waals surface area (Å²) >= 11 is 3.65. The van der Waals surface area contributed by atoms with Crippen LogP contribution in [0.4, 0.5) is 0 Å². The normalized spacial score (nSPS) is 32.3. The van der Waals surface area contributed by atoms with Crippen LogP contribution in [0.1, 0.15) is 19.3 Å². The van der Waals surface area contributed by atoms with Crippen molar-refractivity contribution < 1.29 is 4.74 Å². The van der Waals surface area contributed by atoms with Crippen molar-refractivity contribution >= 4 is 23.8 Å². The Hall–Kier alpha value is -0.695. The number of hydrogen-bond donors (Lipinski definition) is 0. The van der Waals surface area contributed by atoms with Gasteiger partial charge in [-0.05, 0) is 30.1 Å². The molecule has 1 heterocycles. The molecule has 0 fully saturated rings. The number of rotatable bonds is 0. The summed E-state index contributed by atoms with van der Waals surface area (Å²) < 4.78 is 5.97. The first-order chi connectivity index (χ1) is 7.74. The van der Waals surface area contributed by atoms with Crippen molar-refractivity contribution in [1.82, 2.24) is 0 Å². The van der Waals surface area contributed by atoms with E-state index in [0.29, 0.717) is 4.83 Å². The monoisotopic (exact) mass is 274 g/mol. The Bertz CT molecular complexity index is 445. The fraction of sp³-hybridized carbons (Fsp3) is 0.385. The van der Waals surface area contributed by atoms with Gasteiger partial charge in [0, 0.05) is 6.42 Å². The van der Waals surface area contributed by atoms with E-state index < -0.39 is 0 Å². The molecule has 2 unspecified atom stereocenters. The molecule has 1 nitrogen and oxygen atoms in total. The summed E-state index contributed by atoms with van der Waals surface area (Å²) in [6, 6.07) is 0. The minimum Gasteiger partial charge on any atom is -0.460 e. The van der Waals surface area contributed by atoms with Crippen molar-refractivity contribution in [2.45, 2.75) is 29.9 Å². The predicted octanol–water partition coefficient (Wildman–Crippen LogP) is 3.56. The third-order valence-electron chi connectivity index (χ3n) is 3.21. The van der Waals surface area contributed by atoms with Crippen molar-refractivity contribution in [2.75, 3.05) is 0 Å². The van der Waals surface area contributed by atoms with E-state index in [1.54, 1.807) is 0 Å². The van der Waals surface area contributed by atoms with Gasteiger partial charge in [-0.1, -0.05) is 40.0 Å². The van der Waals surface area contributed by atoms with Crippen molar-refractivity contribution in [3.63, 3.8) is 0 Å². The molecule has 16 heavy (non-hydrogen) atoms. The zero-order valence-corrected chi connectivity index (χ0v) is 10.5. The minimum absolute atomic E-state index is 0.150. The van der Waals surface area contributed by atoms with Crippen molar-refractivity contribution in [1.29, 1.82) is 0 Å². The second kappa shape index (κ2) is 3.95. The first kappa shape index (κ1) is 10.5. The number of hydrogen-bond acceptors (Lipinski definition) is 1. The van der Waals surface area contributed by atoms with Crippen LogP contribution in [0, 0.1) is 0 Å².